The number of nitrogens with one attached hydrogen (secondary N) is 1. The first kappa shape index (κ1) is 25.2. The maximum absolute atomic E-state index is 13.2. The van der Waals surface area contributed by atoms with E-state index in [0.29, 0.717) is 5.56 Å². The fourth-order valence-corrected chi connectivity index (χ4v) is 5.76. The molecule has 1 aliphatic heterocycles. The summed E-state index contributed by atoms with van der Waals surface area (Å²) in [7, 11) is 0. The minimum absolute atomic E-state index is 0.0184. The Kier molecular flexibility index (Phi) is 7.58. The quantitative estimate of drug-likeness (QED) is 0.511. The Morgan fingerprint density at radius 3 is 2.26 bits per heavy atom. The van der Waals surface area contributed by atoms with Crippen molar-refractivity contribution in [3.63, 3.8) is 0 Å². The van der Waals surface area contributed by atoms with Gasteiger partial charge in [-0.1, -0.05) is 72.3 Å². The number of carboxylic acid groups (broad SMARTS) is 2. The number of hydrogen-bond donors (Lipinski definition) is 3. The van der Waals surface area contributed by atoms with Crippen LogP contribution in [0.5, 0.6) is 0 Å². The summed E-state index contributed by atoms with van der Waals surface area (Å²) in [5.41, 5.74) is -0.381. The van der Waals surface area contributed by atoms with Crippen LogP contribution in [0.1, 0.15) is 55.7 Å². The van der Waals surface area contributed by atoms with Crippen LogP contribution < -0.4 is 5.32 Å². The first-order valence-electron chi connectivity index (χ1n) is 11.6. The molecule has 1 fully saturated rings. The molecule has 1 saturated heterocycles. The Morgan fingerprint density at radius 2 is 1.68 bits per heavy atom. The number of allylic oxidation sites excluding steroid dienone is 1. The third-order valence-corrected chi connectivity index (χ3v) is 7.46. The largest absolute Gasteiger partial charge is 0.481 e. The molecule has 1 aliphatic rings. The Hall–Kier alpha value is -3.43. The molecule has 3 N–H and O–H groups in total. The lowest BCUT2D eigenvalue weighted by Crippen LogP contribution is -2.69. The van der Waals surface area contributed by atoms with Crippen LogP contribution in [0.2, 0.25) is 0 Å². The molecule has 0 saturated carbocycles. The van der Waals surface area contributed by atoms with Gasteiger partial charge in [-0.25, -0.2) is 0 Å². The highest BCUT2D eigenvalue weighted by molar-refractivity contribution is 5.84. The van der Waals surface area contributed by atoms with Crippen LogP contribution in [0, 0.1) is 29.1 Å². The van der Waals surface area contributed by atoms with Crippen LogP contribution in [-0.2, 0) is 9.59 Å². The summed E-state index contributed by atoms with van der Waals surface area (Å²) < 4.78 is 0. The summed E-state index contributed by atoms with van der Waals surface area (Å²) in [6.07, 6.45) is 3.91. The highest BCUT2D eigenvalue weighted by Gasteiger charge is 2.66. The average molecular weight is 461 g/mol. The Bertz CT molecular complexity index is 1110. The second-order valence-corrected chi connectivity index (χ2v) is 9.32. The van der Waals surface area contributed by atoms with Crippen LogP contribution in [-0.4, -0.2) is 34.2 Å². The fourth-order valence-electron chi connectivity index (χ4n) is 5.76. The zero-order valence-corrected chi connectivity index (χ0v) is 19.9. The minimum atomic E-state index is -1.48. The predicted molar refractivity (Wildman–Crippen MR) is 131 cm³/mol. The normalized spacial score (nSPS) is 28.9. The Balaban J connectivity index is 2.26. The summed E-state index contributed by atoms with van der Waals surface area (Å²) in [6, 6.07) is 18.1. The molecular formula is C28H32N2O4. The molecule has 0 aromatic heterocycles. The third kappa shape index (κ3) is 4.36. The molecule has 6 heteroatoms. The fraction of sp³-hybridized carbons (Fsp3) is 0.393. The van der Waals surface area contributed by atoms with Gasteiger partial charge in [-0.05, 0) is 44.7 Å². The number of nitrogens with zero attached hydrogens (tertiary/aromatic N) is 1. The van der Waals surface area contributed by atoms with Gasteiger partial charge in [0, 0.05) is 24.4 Å². The monoisotopic (exact) mass is 460 g/mol. The number of piperidine rings is 1. The van der Waals surface area contributed by atoms with Crippen molar-refractivity contribution in [2.45, 2.75) is 58.0 Å². The summed E-state index contributed by atoms with van der Waals surface area (Å²) in [4.78, 5) is 26.2. The zero-order chi connectivity index (χ0) is 24.9. The molecule has 3 rings (SSSR count). The van der Waals surface area contributed by atoms with E-state index >= 15 is 0 Å². The van der Waals surface area contributed by atoms with Crippen molar-refractivity contribution in [2.75, 3.05) is 0 Å². The van der Waals surface area contributed by atoms with Gasteiger partial charge in [-0.3, -0.25) is 9.59 Å². The van der Waals surface area contributed by atoms with E-state index in [1.54, 1.807) is 6.92 Å². The van der Waals surface area contributed by atoms with E-state index in [9.17, 15) is 25.1 Å². The van der Waals surface area contributed by atoms with E-state index < -0.39 is 40.8 Å². The molecule has 5 atom stereocenters. The lowest BCUT2D eigenvalue weighted by molar-refractivity contribution is -0.172. The second-order valence-electron chi connectivity index (χ2n) is 9.32. The van der Waals surface area contributed by atoms with E-state index in [4.69, 9.17) is 0 Å². The molecule has 34 heavy (non-hydrogen) atoms. The van der Waals surface area contributed by atoms with Crippen LogP contribution >= 0.6 is 0 Å². The molecule has 2 aromatic rings. The van der Waals surface area contributed by atoms with Crippen molar-refractivity contribution in [1.29, 1.82) is 5.26 Å². The molecule has 5 unspecified atom stereocenters. The van der Waals surface area contributed by atoms with Crippen molar-refractivity contribution < 1.29 is 19.8 Å². The topological polar surface area (TPSA) is 110 Å². The van der Waals surface area contributed by atoms with Crippen LogP contribution in [0.25, 0.3) is 6.08 Å². The zero-order valence-electron chi connectivity index (χ0n) is 19.9. The molecule has 178 valence electrons. The van der Waals surface area contributed by atoms with Crippen molar-refractivity contribution in [1.82, 2.24) is 5.32 Å². The van der Waals surface area contributed by atoms with Gasteiger partial charge in [-0.2, -0.15) is 5.26 Å². The number of carboxylic acids is 2. The van der Waals surface area contributed by atoms with Gasteiger partial charge in [0.1, 0.15) is 0 Å². The molecule has 0 radical (unpaired) electrons. The summed E-state index contributed by atoms with van der Waals surface area (Å²) in [5.74, 6) is -2.99. The predicted octanol–water partition coefficient (Wildman–Crippen LogP) is 5.01. The van der Waals surface area contributed by atoms with E-state index in [1.165, 1.54) is 0 Å². The van der Waals surface area contributed by atoms with Gasteiger partial charge < -0.3 is 15.5 Å². The molecule has 2 aromatic carbocycles. The average Bonchev–Trinajstić information content (AvgIpc) is 2.80. The highest BCUT2D eigenvalue weighted by Crippen LogP contribution is 2.59. The van der Waals surface area contributed by atoms with Gasteiger partial charge in [0.2, 0.25) is 0 Å². The lowest BCUT2D eigenvalue weighted by atomic mass is 9.49. The van der Waals surface area contributed by atoms with E-state index in [1.807, 2.05) is 80.6 Å². The first-order chi connectivity index (χ1) is 16.2. The molecule has 0 bridgehead atoms. The number of carbonyl (C=O) groups is 2. The SMILES string of the molecule is Cc1cccc(C2C(CC=Cc3ccccc3)(C(=O)O)C(C)NC(C)C2(CCC#N)C(=O)O)c1. The summed E-state index contributed by atoms with van der Waals surface area (Å²) in [6.45, 7) is 5.52. The van der Waals surface area contributed by atoms with Gasteiger partial charge in [0.15, 0.2) is 0 Å². The van der Waals surface area contributed by atoms with Crippen molar-refractivity contribution in [3.8, 4) is 6.07 Å². The van der Waals surface area contributed by atoms with Gasteiger partial charge in [-0.15, -0.1) is 0 Å². The first-order valence-corrected chi connectivity index (χ1v) is 11.6. The number of hydrogen-bond acceptors (Lipinski definition) is 4. The minimum Gasteiger partial charge on any atom is -0.481 e. The van der Waals surface area contributed by atoms with Crippen LogP contribution in [0.4, 0.5) is 0 Å². The van der Waals surface area contributed by atoms with E-state index in [0.717, 1.165) is 11.1 Å². The van der Waals surface area contributed by atoms with E-state index in [-0.39, 0.29) is 19.3 Å². The standard InChI is InChI=1S/C28H32N2O4/c1-19-10-7-14-23(18-19)24-27(25(31)32,15-8-13-22-11-5-4-6-12-22)20(2)30-21(3)28(24,26(33)34)16-9-17-29/h4-8,10-14,18,20-21,24,30H,9,15-16H2,1-3H3,(H,31,32)(H,33,34). The summed E-state index contributed by atoms with van der Waals surface area (Å²) >= 11 is 0. The van der Waals surface area contributed by atoms with Crippen molar-refractivity contribution >= 4 is 18.0 Å². The number of benzene rings is 2. The molecule has 0 amide bonds. The Labute approximate surface area is 200 Å². The highest BCUT2D eigenvalue weighted by atomic mass is 16.4. The molecule has 0 aliphatic carbocycles. The number of rotatable bonds is 8. The third-order valence-electron chi connectivity index (χ3n) is 7.46. The maximum Gasteiger partial charge on any atom is 0.312 e. The smallest absolute Gasteiger partial charge is 0.312 e. The molecule has 0 spiro atoms. The molecule has 6 nitrogen and oxygen atoms in total. The number of aryl methyl sites for hydroxylation is 1. The van der Waals surface area contributed by atoms with Gasteiger partial charge >= 0.3 is 11.9 Å². The van der Waals surface area contributed by atoms with Crippen LogP contribution in [0.15, 0.2) is 60.7 Å². The second kappa shape index (κ2) is 10.2. The molecule has 1 heterocycles. The van der Waals surface area contributed by atoms with Gasteiger partial charge in [0.05, 0.1) is 16.9 Å². The number of nitriles is 1. The molecular weight excluding hydrogens is 428 g/mol. The van der Waals surface area contributed by atoms with Crippen LogP contribution in [0.3, 0.4) is 0 Å². The van der Waals surface area contributed by atoms with Crippen molar-refractivity contribution in [3.05, 3.63) is 77.4 Å². The Morgan fingerprint density at radius 1 is 1.03 bits per heavy atom. The van der Waals surface area contributed by atoms with Crippen molar-refractivity contribution in [2.24, 2.45) is 10.8 Å². The maximum atomic E-state index is 13.2. The number of aliphatic carboxylic acids is 2. The lowest BCUT2D eigenvalue weighted by Gasteiger charge is -2.57. The summed E-state index contributed by atoms with van der Waals surface area (Å²) in [5, 5.41) is 34.0. The van der Waals surface area contributed by atoms with Gasteiger partial charge in [0.25, 0.3) is 0 Å². The van der Waals surface area contributed by atoms with E-state index in [2.05, 4.69) is 11.4 Å².